The average molecular weight is 287 g/mol. The summed E-state index contributed by atoms with van der Waals surface area (Å²) in [4.78, 5) is 10.6. The van der Waals surface area contributed by atoms with Gasteiger partial charge in [-0.25, -0.2) is 0 Å². The van der Waals surface area contributed by atoms with Crippen LogP contribution >= 0.6 is 34.2 Å². The van der Waals surface area contributed by atoms with Gasteiger partial charge in [0.2, 0.25) is 0 Å². The van der Waals surface area contributed by atoms with Gasteiger partial charge in [-0.05, 0) is 45.9 Å². The first-order valence-electron chi connectivity index (χ1n) is 3.49. The monoisotopic (exact) mass is 286 g/mol. The summed E-state index contributed by atoms with van der Waals surface area (Å²) in [5.74, 6) is 0.203. The summed E-state index contributed by atoms with van der Waals surface area (Å²) in [7, 11) is 0. The van der Waals surface area contributed by atoms with Gasteiger partial charge >= 0.3 is 0 Å². The van der Waals surface area contributed by atoms with Crippen LogP contribution in [0, 0.1) is 0 Å². The zero-order valence-corrected chi connectivity index (χ0v) is 9.48. The van der Waals surface area contributed by atoms with E-state index in [4.69, 9.17) is 11.6 Å². The highest BCUT2D eigenvalue weighted by Gasteiger charge is 2.06. The molecule has 1 atom stereocenters. The lowest BCUT2D eigenvalue weighted by molar-refractivity contribution is -0.117. The number of hydrogen-bond acceptors (Lipinski definition) is 1. The van der Waals surface area contributed by atoms with Gasteiger partial charge in [-0.15, -0.1) is 11.6 Å². The number of Topliss-reactive ketones (excluding diaryl/α,β-unsaturated/α-hetero) is 1. The Morgan fingerprint density at radius 1 is 1.73 bits per heavy atom. The number of carbonyl (C=O) groups excluding carboxylic acids is 1. The zero-order valence-electron chi connectivity index (χ0n) is 6.57. The quantitative estimate of drug-likeness (QED) is 0.560. The highest BCUT2D eigenvalue weighted by Crippen LogP contribution is 2.18. The van der Waals surface area contributed by atoms with Crippen molar-refractivity contribution in [3.63, 3.8) is 0 Å². The summed E-state index contributed by atoms with van der Waals surface area (Å²) in [5.41, 5.74) is 0. The number of ketones is 1. The van der Waals surface area contributed by atoms with Crippen LogP contribution in [0.15, 0.2) is 10.2 Å². The van der Waals surface area contributed by atoms with E-state index in [1.807, 2.05) is 0 Å². The van der Waals surface area contributed by atoms with Crippen molar-refractivity contribution in [3.8, 4) is 0 Å². The Labute approximate surface area is 86.3 Å². The van der Waals surface area contributed by atoms with Gasteiger partial charge in [-0.1, -0.05) is 6.58 Å². The summed E-state index contributed by atoms with van der Waals surface area (Å²) in [5, 5.41) is 0.0725. The maximum absolute atomic E-state index is 10.6. The van der Waals surface area contributed by atoms with Crippen molar-refractivity contribution in [2.75, 3.05) is 0 Å². The highest BCUT2D eigenvalue weighted by atomic mass is 127. The van der Waals surface area contributed by atoms with Gasteiger partial charge in [-0.2, -0.15) is 0 Å². The maximum Gasteiger partial charge on any atom is 0.129 e. The van der Waals surface area contributed by atoms with E-state index in [0.717, 1.165) is 16.4 Å². The fourth-order valence-corrected chi connectivity index (χ4v) is 1.79. The molecule has 0 aromatic rings. The molecule has 0 bridgehead atoms. The van der Waals surface area contributed by atoms with Crippen LogP contribution in [0.4, 0.5) is 0 Å². The van der Waals surface area contributed by atoms with Gasteiger partial charge in [0.1, 0.15) is 5.78 Å². The molecule has 0 unspecified atom stereocenters. The van der Waals surface area contributed by atoms with Crippen LogP contribution in [0.5, 0.6) is 0 Å². The van der Waals surface area contributed by atoms with Crippen LogP contribution in [-0.4, -0.2) is 11.2 Å². The Morgan fingerprint density at radius 3 is 2.64 bits per heavy atom. The fourth-order valence-electron chi connectivity index (χ4n) is 0.702. The van der Waals surface area contributed by atoms with E-state index >= 15 is 0 Å². The first-order valence-corrected chi connectivity index (χ1v) is 5.00. The lowest BCUT2D eigenvalue weighted by Gasteiger charge is -2.05. The maximum atomic E-state index is 10.6. The lowest BCUT2D eigenvalue weighted by Crippen LogP contribution is -2.01. The van der Waals surface area contributed by atoms with Gasteiger partial charge in [0, 0.05) is 11.8 Å². The third-order valence-electron chi connectivity index (χ3n) is 1.25. The molecule has 0 aliphatic carbocycles. The normalized spacial score (nSPS) is 12.6. The molecule has 1 nitrogen and oxygen atoms in total. The number of rotatable bonds is 5. The molecule has 0 radical (unpaired) electrons. The minimum absolute atomic E-state index is 0.0725. The van der Waals surface area contributed by atoms with Gasteiger partial charge in [-0.3, -0.25) is 0 Å². The van der Waals surface area contributed by atoms with Crippen molar-refractivity contribution < 1.29 is 4.79 Å². The highest BCUT2D eigenvalue weighted by molar-refractivity contribution is 14.1. The molecular formula is C8H12ClIO. The third-order valence-corrected chi connectivity index (χ3v) is 2.07. The fraction of sp³-hybridized carbons (Fsp3) is 0.625. The van der Waals surface area contributed by atoms with E-state index in [0.29, 0.717) is 6.42 Å². The Hall–Kier alpha value is 0.430. The largest absolute Gasteiger partial charge is 0.300 e. The Kier molecular flexibility index (Phi) is 6.24. The first-order chi connectivity index (χ1) is 5.02. The van der Waals surface area contributed by atoms with Gasteiger partial charge in [0.05, 0.1) is 0 Å². The molecule has 0 fully saturated rings. The van der Waals surface area contributed by atoms with Gasteiger partial charge in [0.15, 0.2) is 0 Å². The smallest absolute Gasteiger partial charge is 0.129 e. The Morgan fingerprint density at radius 2 is 2.27 bits per heavy atom. The number of alkyl halides is 1. The first kappa shape index (κ1) is 11.4. The van der Waals surface area contributed by atoms with Crippen molar-refractivity contribution in [2.45, 2.75) is 31.6 Å². The van der Waals surface area contributed by atoms with Crippen LogP contribution in [0.1, 0.15) is 26.2 Å². The van der Waals surface area contributed by atoms with Gasteiger partial charge in [0.25, 0.3) is 0 Å². The molecule has 11 heavy (non-hydrogen) atoms. The van der Waals surface area contributed by atoms with Crippen LogP contribution in [0.2, 0.25) is 0 Å². The summed E-state index contributed by atoms with van der Waals surface area (Å²) in [6.07, 6.45) is 2.15. The second-order valence-electron chi connectivity index (χ2n) is 2.56. The number of halogens is 2. The molecule has 0 saturated carbocycles. The Bertz CT molecular complexity index is 156. The number of carbonyl (C=O) groups is 1. The van der Waals surface area contributed by atoms with E-state index < -0.39 is 0 Å². The van der Waals surface area contributed by atoms with E-state index in [1.165, 1.54) is 0 Å². The molecule has 0 amide bonds. The Balaban J connectivity index is 3.44. The van der Waals surface area contributed by atoms with Crippen LogP contribution in [0.3, 0.4) is 0 Å². The van der Waals surface area contributed by atoms with E-state index in [-0.39, 0.29) is 11.2 Å². The molecule has 0 heterocycles. The van der Waals surface area contributed by atoms with Crippen molar-refractivity contribution in [1.29, 1.82) is 0 Å². The molecule has 0 aliphatic heterocycles. The average Bonchev–Trinajstić information content (AvgIpc) is 1.82. The minimum atomic E-state index is 0.0725. The second kappa shape index (κ2) is 6.00. The predicted molar refractivity (Wildman–Crippen MR) is 57.3 cm³/mol. The van der Waals surface area contributed by atoms with E-state index in [1.54, 1.807) is 6.92 Å². The molecule has 0 aromatic heterocycles. The summed E-state index contributed by atoms with van der Waals surface area (Å²) in [6.45, 7) is 5.33. The molecular weight excluding hydrogens is 274 g/mol. The molecule has 0 aromatic carbocycles. The van der Waals surface area contributed by atoms with Crippen molar-refractivity contribution in [1.82, 2.24) is 0 Å². The van der Waals surface area contributed by atoms with E-state index in [2.05, 4.69) is 29.2 Å². The van der Waals surface area contributed by atoms with Crippen molar-refractivity contribution in [2.24, 2.45) is 0 Å². The van der Waals surface area contributed by atoms with Crippen LogP contribution in [0.25, 0.3) is 0 Å². The molecule has 0 aliphatic rings. The van der Waals surface area contributed by atoms with Crippen LogP contribution < -0.4 is 0 Å². The summed E-state index contributed by atoms with van der Waals surface area (Å²) >= 11 is 8.05. The number of hydrogen-bond donors (Lipinski definition) is 0. The SMILES string of the molecule is C=C(I)C[C@H](Cl)CCC(C)=O. The summed E-state index contributed by atoms with van der Waals surface area (Å²) < 4.78 is 1.05. The minimum Gasteiger partial charge on any atom is -0.300 e. The summed E-state index contributed by atoms with van der Waals surface area (Å²) in [6, 6.07) is 0. The predicted octanol–water partition coefficient (Wildman–Crippen LogP) is 3.30. The van der Waals surface area contributed by atoms with Gasteiger partial charge < -0.3 is 4.79 Å². The van der Waals surface area contributed by atoms with E-state index in [9.17, 15) is 4.79 Å². The van der Waals surface area contributed by atoms with Crippen molar-refractivity contribution in [3.05, 3.63) is 10.2 Å². The third kappa shape index (κ3) is 8.34. The standard InChI is InChI=1S/C8H12ClIO/c1-6(10)5-8(9)4-3-7(2)11/h8H,1,3-5H2,2H3/t8-/m1/s1. The molecule has 0 saturated heterocycles. The molecule has 3 heteroatoms. The molecule has 0 spiro atoms. The second-order valence-corrected chi connectivity index (χ2v) is 4.70. The molecule has 64 valence electrons. The van der Waals surface area contributed by atoms with Crippen molar-refractivity contribution >= 4 is 40.0 Å². The molecule has 0 N–H and O–H groups in total. The lowest BCUT2D eigenvalue weighted by atomic mass is 10.1. The zero-order chi connectivity index (χ0) is 8.85. The topological polar surface area (TPSA) is 17.1 Å². The number of allylic oxidation sites excluding steroid dienone is 1. The molecule has 0 rings (SSSR count). The van der Waals surface area contributed by atoms with Crippen LogP contribution in [-0.2, 0) is 4.79 Å².